The van der Waals surface area contributed by atoms with Gasteiger partial charge in [-0.05, 0) is 19.1 Å². The van der Waals surface area contributed by atoms with Crippen LogP contribution in [0.15, 0.2) is 28.8 Å². The minimum atomic E-state index is -0.245. The molecule has 5 nitrogen and oxygen atoms in total. The first-order valence-corrected chi connectivity index (χ1v) is 7.42. The van der Waals surface area contributed by atoms with Crippen LogP contribution >= 0.6 is 22.9 Å². The van der Waals surface area contributed by atoms with E-state index in [1.165, 1.54) is 11.3 Å². The van der Waals surface area contributed by atoms with Crippen LogP contribution in [-0.2, 0) is 6.54 Å². The van der Waals surface area contributed by atoms with Gasteiger partial charge < -0.3 is 15.6 Å². The van der Waals surface area contributed by atoms with Crippen LogP contribution in [0.4, 0.5) is 5.69 Å². The lowest BCUT2D eigenvalue weighted by atomic mass is 10.2. The maximum atomic E-state index is 12.2. The van der Waals surface area contributed by atoms with Gasteiger partial charge in [-0.2, -0.15) is 0 Å². The standard InChI is InChI=1S/C14H12ClN3O2S/c1-7-5-8(18-20-7)6-17-14(19)13-12(16)11-9(15)3-2-4-10(11)21-13/h2-5H,6,16H2,1H3,(H,17,19). The van der Waals surface area contributed by atoms with Crippen LogP contribution in [0, 0.1) is 6.92 Å². The molecule has 3 aromatic rings. The van der Waals surface area contributed by atoms with Crippen molar-refractivity contribution in [3.63, 3.8) is 0 Å². The number of nitrogens with two attached hydrogens (primary N) is 1. The predicted octanol–water partition coefficient (Wildman–Crippen LogP) is 3.36. The Morgan fingerprint density at radius 2 is 2.33 bits per heavy atom. The van der Waals surface area contributed by atoms with Crippen LogP contribution in [0.2, 0.25) is 5.02 Å². The summed E-state index contributed by atoms with van der Waals surface area (Å²) in [6.07, 6.45) is 0. The van der Waals surface area contributed by atoms with Gasteiger partial charge in [0.15, 0.2) is 0 Å². The van der Waals surface area contributed by atoms with Gasteiger partial charge in [-0.3, -0.25) is 4.79 Å². The molecule has 0 aliphatic carbocycles. The van der Waals surface area contributed by atoms with Crippen molar-refractivity contribution in [2.24, 2.45) is 0 Å². The van der Waals surface area contributed by atoms with E-state index in [2.05, 4.69) is 10.5 Å². The molecule has 108 valence electrons. The fourth-order valence-electron chi connectivity index (χ4n) is 2.05. The lowest BCUT2D eigenvalue weighted by molar-refractivity contribution is 0.0955. The number of benzene rings is 1. The molecule has 1 aromatic carbocycles. The molecular formula is C14H12ClN3O2S. The summed E-state index contributed by atoms with van der Waals surface area (Å²) < 4.78 is 5.84. The molecule has 0 fully saturated rings. The maximum absolute atomic E-state index is 12.2. The second-order valence-electron chi connectivity index (χ2n) is 4.57. The number of hydrogen-bond acceptors (Lipinski definition) is 5. The highest BCUT2D eigenvalue weighted by atomic mass is 35.5. The normalized spacial score (nSPS) is 11.0. The first-order chi connectivity index (χ1) is 10.1. The molecule has 0 unspecified atom stereocenters. The Balaban J connectivity index is 1.84. The fraction of sp³-hybridized carbons (Fsp3) is 0.143. The molecule has 21 heavy (non-hydrogen) atoms. The van der Waals surface area contributed by atoms with E-state index >= 15 is 0 Å². The van der Waals surface area contributed by atoms with Crippen molar-refractivity contribution in [2.45, 2.75) is 13.5 Å². The quantitative estimate of drug-likeness (QED) is 0.775. The Morgan fingerprint density at radius 1 is 1.52 bits per heavy atom. The Labute approximate surface area is 129 Å². The molecule has 0 aliphatic rings. The highest BCUT2D eigenvalue weighted by molar-refractivity contribution is 7.21. The van der Waals surface area contributed by atoms with Crippen LogP contribution in [0.1, 0.15) is 21.1 Å². The zero-order chi connectivity index (χ0) is 15.0. The molecule has 0 bridgehead atoms. The molecule has 0 atom stereocenters. The van der Waals surface area contributed by atoms with Crippen LogP contribution in [0.3, 0.4) is 0 Å². The van der Waals surface area contributed by atoms with Gasteiger partial charge in [-0.1, -0.05) is 22.8 Å². The third-order valence-electron chi connectivity index (χ3n) is 3.01. The van der Waals surface area contributed by atoms with Gasteiger partial charge in [0.2, 0.25) is 0 Å². The smallest absolute Gasteiger partial charge is 0.263 e. The molecule has 0 spiro atoms. The van der Waals surface area contributed by atoms with Crippen molar-refractivity contribution in [1.29, 1.82) is 0 Å². The fourth-order valence-corrected chi connectivity index (χ4v) is 3.45. The lowest BCUT2D eigenvalue weighted by Crippen LogP contribution is -2.22. The van der Waals surface area contributed by atoms with Crippen molar-refractivity contribution in [2.75, 3.05) is 5.73 Å². The van der Waals surface area contributed by atoms with E-state index in [0.29, 0.717) is 27.0 Å². The topological polar surface area (TPSA) is 81.2 Å². The van der Waals surface area contributed by atoms with Gasteiger partial charge in [0, 0.05) is 16.2 Å². The van der Waals surface area contributed by atoms with Gasteiger partial charge in [-0.15, -0.1) is 11.3 Å². The van der Waals surface area contributed by atoms with Crippen molar-refractivity contribution < 1.29 is 9.32 Å². The molecule has 0 aliphatic heterocycles. The van der Waals surface area contributed by atoms with Gasteiger partial charge in [0.1, 0.15) is 16.3 Å². The average molecular weight is 322 g/mol. The maximum Gasteiger partial charge on any atom is 0.263 e. The predicted molar refractivity (Wildman–Crippen MR) is 83.7 cm³/mol. The lowest BCUT2D eigenvalue weighted by Gasteiger charge is -2.01. The van der Waals surface area contributed by atoms with Crippen molar-refractivity contribution in [3.8, 4) is 0 Å². The number of nitrogens with one attached hydrogen (secondary N) is 1. The number of aryl methyl sites for hydroxylation is 1. The van der Waals surface area contributed by atoms with Crippen molar-refractivity contribution >= 4 is 44.6 Å². The number of nitrogens with zero attached hydrogens (tertiary/aromatic N) is 1. The number of carbonyl (C=O) groups excluding carboxylic acids is 1. The number of nitrogen functional groups attached to an aromatic ring is 1. The number of rotatable bonds is 3. The van der Waals surface area contributed by atoms with Crippen molar-refractivity contribution in [1.82, 2.24) is 10.5 Å². The summed E-state index contributed by atoms with van der Waals surface area (Å²) in [4.78, 5) is 12.7. The number of anilines is 1. The highest BCUT2D eigenvalue weighted by Gasteiger charge is 2.18. The second kappa shape index (κ2) is 5.38. The summed E-state index contributed by atoms with van der Waals surface area (Å²) in [5.74, 6) is 0.456. The summed E-state index contributed by atoms with van der Waals surface area (Å²) >= 11 is 7.45. The molecule has 0 saturated heterocycles. The van der Waals surface area contributed by atoms with Crippen molar-refractivity contribution in [3.05, 3.63) is 45.6 Å². The van der Waals surface area contributed by atoms with Gasteiger partial charge in [0.05, 0.1) is 17.3 Å². The van der Waals surface area contributed by atoms with E-state index in [9.17, 15) is 4.79 Å². The average Bonchev–Trinajstić information content (AvgIpc) is 3.01. The van der Waals surface area contributed by atoms with E-state index in [1.807, 2.05) is 12.1 Å². The summed E-state index contributed by atoms with van der Waals surface area (Å²) in [6.45, 7) is 2.09. The zero-order valence-corrected chi connectivity index (χ0v) is 12.7. The van der Waals surface area contributed by atoms with Crippen LogP contribution < -0.4 is 11.1 Å². The SMILES string of the molecule is Cc1cc(CNC(=O)c2sc3cccc(Cl)c3c2N)no1. The molecular weight excluding hydrogens is 310 g/mol. The van der Waals surface area contributed by atoms with E-state index in [-0.39, 0.29) is 12.5 Å². The van der Waals surface area contributed by atoms with E-state index in [1.54, 1.807) is 19.1 Å². The first-order valence-electron chi connectivity index (χ1n) is 6.23. The highest BCUT2D eigenvalue weighted by Crippen LogP contribution is 2.37. The van der Waals surface area contributed by atoms with Gasteiger partial charge >= 0.3 is 0 Å². The molecule has 7 heteroatoms. The number of carbonyl (C=O) groups is 1. The Bertz CT molecular complexity index is 825. The molecule has 1 amide bonds. The summed E-state index contributed by atoms with van der Waals surface area (Å²) in [5.41, 5.74) is 7.12. The summed E-state index contributed by atoms with van der Waals surface area (Å²) in [5, 5.41) is 7.87. The molecule has 0 radical (unpaired) electrons. The van der Waals surface area contributed by atoms with Crippen LogP contribution in [0.5, 0.6) is 0 Å². The summed E-state index contributed by atoms with van der Waals surface area (Å²) in [7, 11) is 0. The molecule has 0 saturated carbocycles. The van der Waals surface area contributed by atoms with E-state index in [4.69, 9.17) is 21.9 Å². The Hall–Kier alpha value is -2.05. The Morgan fingerprint density at radius 3 is 3.00 bits per heavy atom. The minimum absolute atomic E-state index is 0.245. The van der Waals surface area contributed by atoms with E-state index < -0.39 is 0 Å². The second-order valence-corrected chi connectivity index (χ2v) is 6.03. The molecule has 3 rings (SSSR count). The molecule has 2 heterocycles. The number of aromatic nitrogens is 1. The van der Waals surface area contributed by atoms with E-state index in [0.717, 1.165) is 10.1 Å². The molecule has 2 aromatic heterocycles. The largest absolute Gasteiger partial charge is 0.397 e. The zero-order valence-electron chi connectivity index (χ0n) is 11.1. The number of fused-ring (bicyclic) bond motifs is 1. The molecule has 3 N–H and O–H groups in total. The van der Waals surface area contributed by atoms with Crippen LogP contribution in [-0.4, -0.2) is 11.1 Å². The Kier molecular flexibility index (Phi) is 3.57. The monoisotopic (exact) mass is 321 g/mol. The van der Waals surface area contributed by atoms with Gasteiger partial charge in [-0.25, -0.2) is 0 Å². The third-order valence-corrected chi connectivity index (χ3v) is 4.50. The number of halogens is 1. The minimum Gasteiger partial charge on any atom is -0.397 e. The number of amides is 1. The van der Waals surface area contributed by atoms with Gasteiger partial charge in [0.25, 0.3) is 5.91 Å². The first kappa shape index (κ1) is 13.9. The van der Waals surface area contributed by atoms with Crippen LogP contribution in [0.25, 0.3) is 10.1 Å². The number of thiophene rings is 1. The number of hydrogen-bond donors (Lipinski definition) is 2. The third kappa shape index (κ3) is 2.59. The summed E-state index contributed by atoms with van der Waals surface area (Å²) in [6, 6.07) is 7.25.